The summed E-state index contributed by atoms with van der Waals surface area (Å²) in [7, 11) is 2.03. The van der Waals surface area contributed by atoms with Crippen molar-refractivity contribution in [2.75, 3.05) is 0 Å². The summed E-state index contributed by atoms with van der Waals surface area (Å²) >= 11 is 0. The van der Waals surface area contributed by atoms with Crippen LogP contribution in [-0.4, -0.2) is 18.2 Å². The molecule has 0 aliphatic heterocycles. The first-order chi connectivity index (χ1) is 7.70. The Morgan fingerprint density at radius 2 is 2.00 bits per heavy atom. The quantitative estimate of drug-likeness (QED) is 0.478. The smallest absolute Gasteiger partial charge is 0.223 e. The maximum atomic E-state index is 12.1. The minimum atomic E-state index is 0.123. The van der Waals surface area contributed by atoms with E-state index in [1.54, 1.807) is 0 Å². The highest BCUT2D eigenvalue weighted by Crippen LogP contribution is 2.32. The van der Waals surface area contributed by atoms with Gasteiger partial charge in [0.1, 0.15) is 0 Å². The molecule has 0 saturated heterocycles. The number of rotatable bonds is 0. The van der Waals surface area contributed by atoms with E-state index in [1.807, 2.05) is 26.2 Å². The lowest BCUT2D eigenvalue weighted by atomic mass is 9.90. The van der Waals surface area contributed by atoms with Crippen LogP contribution in [0.25, 0.3) is 10.9 Å². The van der Waals surface area contributed by atoms with E-state index in [0.29, 0.717) is 0 Å². The molecule has 1 aromatic carbocycles. The highest BCUT2D eigenvalue weighted by atomic mass is 16.1. The molecule has 0 amide bonds. The van der Waals surface area contributed by atoms with Gasteiger partial charge in [-0.15, -0.1) is 0 Å². The average molecular weight is 209 g/mol. The molecule has 0 atom stereocenters. The van der Waals surface area contributed by atoms with E-state index in [0.717, 1.165) is 40.6 Å². The molecule has 1 heterocycles. The predicted molar refractivity (Wildman–Crippen MR) is 67.7 cm³/mol. The van der Waals surface area contributed by atoms with Crippen molar-refractivity contribution in [2.45, 2.75) is 12.8 Å². The first-order valence-electron chi connectivity index (χ1n) is 5.49. The zero-order valence-electron chi connectivity index (χ0n) is 9.29. The molecule has 1 aliphatic carbocycles. The molecular formula is C13H12BNO. The number of fused-ring (bicyclic) bond motifs is 3. The minimum absolute atomic E-state index is 0.123. The summed E-state index contributed by atoms with van der Waals surface area (Å²) in [6.45, 7) is 3.85. The topological polar surface area (TPSA) is 22.0 Å². The number of hydrogen-bond acceptors (Lipinski definition) is 1. The second kappa shape index (κ2) is 3.11. The van der Waals surface area contributed by atoms with Gasteiger partial charge in [-0.25, -0.2) is 0 Å². The first kappa shape index (κ1) is 9.46. The molecule has 0 radical (unpaired) electrons. The van der Waals surface area contributed by atoms with Crippen molar-refractivity contribution in [2.24, 2.45) is 0 Å². The Balaban J connectivity index is 2.45. The van der Waals surface area contributed by atoms with Crippen LogP contribution in [0.15, 0.2) is 36.4 Å². The number of ketones is 1. The lowest BCUT2D eigenvalue weighted by Crippen LogP contribution is -2.14. The van der Waals surface area contributed by atoms with Crippen molar-refractivity contribution in [3.8, 4) is 0 Å². The zero-order valence-corrected chi connectivity index (χ0v) is 9.29. The van der Waals surface area contributed by atoms with Crippen LogP contribution in [0, 0.1) is 0 Å². The molecule has 2 aromatic rings. The normalized spacial score (nSPS) is 15.5. The predicted octanol–water partition coefficient (Wildman–Crippen LogP) is 1.72. The van der Waals surface area contributed by atoms with Crippen molar-refractivity contribution in [3.63, 3.8) is 0 Å². The fourth-order valence-electron chi connectivity index (χ4n) is 2.55. The van der Waals surface area contributed by atoms with Crippen molar-refractivity contribution in [1.29, 1.82) is 0 Å². The number of benzene rings is 1. The SMILES string of the molecule is Bn1c2c(c3ccccc31)C(=O)C(=C)CC2. The second-order valence-corrected chi connectivity index (χ2v) is 4.33. The molecule has 0 bridgehead atoms. The second-order valence-electron chi connectivity index (χ2n) is 4.33. The van der Waals surface area contributed by atoms with Gasteiger partial charge in [0.15, 0.2) is 5.78 Å². The Morgan fingerprint density at radius 3 is 2.81 bits per heavy atom. The summed E-state index contributed by atoms with van der Waals surface area (Å²) in [5.41, 5.74) is 3.90. The summed E-state index contributed by atoms with van der Waals surface area (Å²) in [6, 6.07) is 8.06. The van der Waals surface area contributed by atoms with Crippen LogP contribution >= 0.6 is 0 Å². The molecular weight excluding hydrogens is 197 g/mol. The lowest BCUT2D eigenvalue weighted by Gasteiger charge is -2.14. The van der Waals surface area contributed by atoms with Crippen LogP contribution in [0.5, 0.6) is 0 Å². The van der Waals surface area contributed by atoms with Gasteiger partial charge in [0, 0.05) is 22.2 Å². The van der Waals surface area contributed by atoms with Crippen LogP contribution in [0.3, 0.4) is 0 Å². The number of hydrogen-bond donors (Lipinski definition) is 0. The molecule has 0 fully saturated rings. The molecule has 3 heteroatoms. The first-order valence-corrected chi connectivity index (χ1v) is 5.49. The number of para-hydroxylation sites is 1. The molecule has 3 rings (SSSR count). The largest absolute Gasteiger partial charge is 0.396 e. The molecule has 2 nitrogen and oxygen atoms in total. The van der Waals surface area contributed by atoms with Crippen LogP contribution in [0.2, 0.25) is 0 Å². The van der Waals surface area contributed by atoms with E-state index in [1.165, 1.54) is 0 Å². The van der Waals surface area contributed by atoms with E-state index in [-0.39, 0.29) is 5.78 Å². The number of Topliss-reactive ketones (excluding diaryl/α,β-unsaturated/α-hetero) is 1. The van der Waals surface area contributed by atoms with E-state index < -0.39 is 0 Å². The Kier molecular flexibility index (Phi) is 1.84. The fraction of sp³-hybridized carbons (Fsp3) is 0.154. The monoisotopic (exact) mass is 209 g/mol. The Labute approximate surface area is 95.0 Å². The zero-order chi connectivity index (χ0) is 11.3. The summed E-state index contributed by atoms with van der Waals surface area (Å²) in [4.78, 5) is 12.1. The average Bonchev–Trinajstić information content (AvgIpc) is 2.59. The summed E-state index contributed by atoms with van der Waals surface area (Å²) in [5.74, 6) is 0.123. The van der Waals surface area contributed by atoms with Gasteiger partial charge in [-0.2, -0.15) is 0 Å². The lowest BCUT2D eigenvalue weighted by molar-refractivity contribution is 0.102. The van der Waals surface area contributed by atoms with Crippen molar-refractivity contribution in [3.05, 3.63) is 47.7 Å². The third-order valence-electron chi connectivity index (χ3n) is 3.44. The molecule has 0 unspecified atom stereocenters. The van der Waals surface area contributed by atoms with Gasteiger partial charge < -0.3 is 4.48 Å². The third kappa shape index (κ3) is 1.06. The fourth-order valence-corrected chi connectivity index (χ4v) is 2.55. The maximum absolute atomic E-state index is 12.1. The van der Waals surface area contributed by atoms with Crippen molar-refractivity contribution < 1.29 is 4.79 Å². The number of allylic oxidation sites excluding steroid dienone is 1. The van der Waals surface area contributed by atoms with E-state index >= 15 is 0 Å². The number of carbonyl (C=O) groups excluding carboxylic acids is 1. The van der Waals surface area contributed by atoms with Crippen molar-refractivity contribution in [1.82, 2.24) is 4.48 Å². The molecule has 16 heavy (non-hydrogen) atoms. The summed E-state index contributed by atoms with van der Waals surface area (Å²) in [5, 5.41) is 1.06. The van der Waals surface area contributed by atoms with Crippen LogP contribution in [0.1, 0.15) is 22.5 Å². The Bertz CT molecular complexity index is 624. The van der Waals surface area contributed by atoms with E-state index in [9.17, 15) is 4.79 Å². The molecule has 0 spiro atoms. The maximum Gasteiger partial charge on any atom is 0.223 e. The highest BCUT2D eigenvalue weighted by Gasteiger charge is 2.26. The van der Waals surface area contributed by atoms with Crippen LogP contribution in [-0.2, 0) is 6.42 Å². The van der Waals surface area contributed by atoms with Gasteiger partial charge in [-0.1, -0.05) is 24.8 Å². The van der Waals surface area contributed by atoms with E-state index in [4.69, 9.17) is 0 Å². The Hall–Kier alpha value is -1.77. The number of carbonyl (C=O) groups is 1. The number of aromatic nitrogens is 1. The van der Waals surface area contributed by atoms with Gasteiger partial charge in [0.25, 0.3) is 0 Å². The summed E-state index contributed by atoms with van der Waals surface area (Å²) in [6.07, 6.45) is 1.71. The Morgan fingerprint density at radius 1 is 1.25 bits per heavy atom. The van der Waals surface area contributed by atoms with Gasteiger partial charge >= 0.3 is 0 Å². The van der Waals surface area contributed by atoms with Gasteiger partial charge in [-0.05, 0) is 24.5 Å². The standard InChI is InChI=1S/C13H12BNO/c1-8-6-7-11-12(13(8)16)9-4-2-3-5-10(9)15(11)14/h2-5H,1,6-7,14H2. The van der Waals surface area contributed by atoms with E-state index in [2.05, 4.69) is 17.1 Å². The van der Waals surface area contributed by atoms with Crippen LogP contribution in [0.4, 0.5) is 0 Å². The van der Waals surface area contributed by atoms with Crippen molar-refractivity contribution >= 4 is 24.7 Å². The third-order valence-corrected chi connectivity index (χ3v) is 3.44. The van der Waals surface area contributed by atoms with Gasteiger partial charge in [0.2, 0.25) is 7.98 Å². The highest BCUT2D eigenvalue weighted by molar-refractivity contribution is 6.22. The molecule has 0 saturated carbocycles. The minimum Gasteiger partial charge on any atom is -0.396 e. The van der Waals surface area contributed by atoms with Crippen LogP contribution < -0.4 is 0 Å². The number of nitrogens with zero attached hydrogens (tertiary/aromatic N) is 1. The molecule has 78 valence electrons. The molecule has 1 aliphatic rings. The van der Waals surface area contributed by atoms with Gasteiger partial charge in [0.05, 0.1) is 0 Å². The molecule has 0 N–H and O–H groups in total. The molecule has 1 aromatic heterocycles. The van der Waals surface area contributed by atoms with Gasteiger partial charge in [-0.3, -0.25) is 4.79 Å². The summed E-state index contributed by atoms with van der Waals surface area (Å²) < 4.78 is 2.13.